The Morgan fingerprint density at radius 3 is 1.41 bits per heavy atom. The summed E-state index contributed by atoms with van der Waals surface area (Å²) in [6, 6.07) is -0.728. The van der Waals surface area contributed by atoms with Gasteiger partial charge in [0.1, 0.15) is 6.10 Å². The van der Waals surface area contributed by atoms with Crippen molar-refractivity contribution in [2.24, 2.45) is 0 Å². The first-order valence-electron chi connectivity index (χ1n) is 27.5. The highest BCUT2D eigenvalue weighted by atomic mass is 16.5. The van der Waals surface area contributed by atoms with E-state index in [1.165, 1.54) is 103 Å². The summed E-state index contributed by atoms with van der Waals surface area (Å²) < 4.78 is 5.91. The molecule has 0 saturated carbocycles. The first kappa shape index (κ1) is 62.8. The maximum absolute atomic E-state index is 13.2. The lowest BCUT2D eigenvalue weighted by atomic mass is 10.0. The number of aliphatic hydroxyl groups is 2. The van der Waals surface area contributed by atoms with E-state index in [9.17, 15) is 19.8 Å². The zero-order valence-corrected chi connectivity index (χ0v) is 43.0. The molecule has 0 aromatic rings. The van der Waals surface area contributed by atoms with Crippen molar-refractivity contribution in [3.05, 3.63) is 97.2 Å². The monoisotopic (exact) mass is 918 g/mol. The Hall–Kier alpha value is -3.22. The number of unbranched alkanes of at least 4 members (excludes halogenated alkanes) is 23. The van der Waals surface area contributed by atoms with E-state index < -0.39 is 18.2 Å². The normalized spacial score (nSPS) is 14.0. The van der Waals surface area contributed by atoms with Crippen molar-refractivity contribution in [1.82, 2.24) is 5.32 Å². The van der Waals surface area contributed by atoms with Gasteiger partial charge in [-0.15, -0.1) is 0 Å². The smallest absolute Gasteiger partial charge is 0.306 e. The van der Waals surface area contributed by atoms with Crippen LogP contribution in [0.5, 0.6) is 0 Å². The third kappa shape index (κ3) is 47.3. The summed E-state index contributed by atoms with van der Waals surface area (Å²) in [5.41, 5.74) is 0. The van der Waals surface area contributed by atoms with E-state index in [4.69, 9.17) is 4.74 Å². The maximum Gasteiger partial charge on any atom is 0.306 e. The van der Waals surface area contributed by atoms with Crippen molar-refractivity contribution in [3.8, 4) is 0 Å². The SMILES string of the molecule is CC/C=C/C=C/C=C/C=C\CCCCCC(CC(=O)NC(CO)C(O)CCCCCCCCCCCCCCCCC)OC(=O)CCCCC/C=C\C/C=C\C/C=C\C/C=C\CCCCC. The number of aliphatic hydroxyl groups excluding tert-OH is 2. The predicted octanol–water partition coefficient (Wildman–Crippen LogP) is 16.9. The zero-order valence-electron chi connectivity index (χ0n) is 43.0. The molecule has 0 aromatic heterocycles. The molecule has 66 heavy (non-hydrogen) atoms. The zero-order chi connectivity index (χ0) is 48.1. The topological polar surface area (TPSA) is 95.9 Å². The number of hydrogen-bond donors (Lipinski definition) is 3. The molecule has 3 N–H and O–H groups in total. The minimum atomic E-state index is -0.810. The molecule has 0 fully saturated rings. The molecule has 0 radical (unpaired) electrons. The number of nitrogens with one attached hydrogen (secondary N) is 1. The summed E-state index contributed by atoms with van der Waals surface area (Å²) in [5, 5.41) is 23.8. The second kappa shape index (κ2) is 52.7. The lowest BCUT2D eigenvalue weighted by Gasteiger charge is -2.24. The van der Waals surface area contributed by atoms with Gasteiger partial charge >= 0.3 is 5.97 Å². The minimum Gasteiger partial charge on any atom is -0.462 e. The number of esters is 1. The van der Waals surface area contributed by atoms with Crippen LogP contribution in [0.15, 0.2) is 97.2 Å². The molecule has 0 spiro atoms. The van der Waals surface area contributed by atoms with Gasteiger partial charge in [-0.2, -0.15) is 0 Å². The molecule has 0 aromatic carbocycles. The Kier molecular flexibility index (Phi) is 50.2. The average molecular weight is 918 g/mol. The number of hydrogen-bond acceptors (Lipinski definition) is 5. The Balaban J connectivity index is 4.66. The lowest BCUT2D eigenvalue weighted by molar-refractivity contribution is -0.151. The fourth-order valence-corrected chi connectivity index (χ4v) is 7.84. The molecule has 0 aliphatic rings. The second-order valence-corrected chi connectivity index (χ2v) is 18.3. The van der Waals surface area contributed by atoms with E-state index in [2.05, 4.69) is 99.0 Å². The van der Waals surface area contributed by atoms with Crippen LogP contribution < -0.4 is 5.32 Å². The Morgan fingerprint density at radius 2 is 0.879 bits per heavy atom. The van der Waals surface area contributed by atoms with Gasteiger partial charge in [-0.05, 0) is 89.9 Å². The van der Waals surface area contributed by atoms with E-state index in [1.54, 1.807) is 0 Å². The van der Waals surface area contributed by atoms with Gasteiger partial charge in [0.25, 0.3) is 0 Å². The molecule has 0 rings (SSSR count). The van der Waals surface area contributed by atoms with Gasteiger partial charge < -0.3 is 20.3 Å². The number of carbonyl (C=O) groups excluding carboxylic acids is 2. The number of allylic oxidation sites excluding steroid dienone is 16. The van der Waals surface area contributed by atoms with E-state index in [1.807, 2.05) is 24.3 Å². The van der Waals surface area contributed by atoms with Crippen molar-refractivity contribution < 1.29 is 24.5 Å². The van der Waals surface area contributed by atoms with Gasteiger partial charge in [-0.3, -0.25) is 9.59 Å². The van der Waals surface area contributed by atoms with Crippen LogP contribution in [0, 0.1) is 0 Å². The van der Waals surface area contributed by atoms with Gasteiger partial charge in [0.05, 0.1) is 25.2 Å². The van der Waals surface area contributed by atoms with Crippen LogP contribution in [0.3, 0.4) is 0 Å². The third-order valence-electron chi connectivity index (χ3n) is 12.0. The van der Waals surface area contributed by atoms with Gasteiger partial charge in [0.2, 0.25) is 5.91 Å². The molecule has 0 saturated heterocycles. The lowest BCUT2D eigenvalue weighted by Crippen LogP contribution is -2.46. The molecule has 6 heteroatoms. The Labute approximate surface area is 407 Å². The van der Waals surface area contributed by atoms with Crippen LogP contribution in [-0.4, -0.2) is 46.9 Å². The second-order valence-electron chi connectivity index (χ2n) is 18.3. The Morgan fingerprint density at radius 1 is 0.470 bits per heavy atom. The first-order valence-corrected chi connectivity index (χ1v) is 27.5. The molecule has 0 bridgehead atoms. The summed E-state index contributed by atoms with van der Waals surface area (Å²) in [7, 11) is 0. The van der Waals surface area contributed by atoms with Crippen molar-refractivity contribution in [2.45, 2.75) is 264 Å². The van der Waals surface area contributed by atoms with E-state index in [0.29, 0.717) is 19.3 Å². The summed E-state index contributed by atoms with van der Waals surface area (Å²) in [6.07, 6.45) is 70.4. The van der Waals surface area contributed by atoms with Crippen molar-refractivity contribution in [2.75, 3.05) is 6.61 Å². The minimum absolute atomic E-state index is 0.0334. The van der Waals surface area contributed by atoms with Crippen molar-refractivity contribution in [1.29, 1.82) is 0 Å². The van der Waals surface area contributed by atoms with Crippen LogP contribution in [0.2, 0.25) is 0 Å². The molecule has 378 valence electrons. The summed E-state index contributed by atoms with van der Waals surface area (Å²) in [5.74, 6) is -0.554. The van der Waals surface area contributed by atoms with Crippen LogP contribution in [-0.2, 0) is 14.3 Å². The summed E-state index contributed by atoms with van der Waals surface area (Å²) in [6.45, 7) is 6.30. The molecular formula is C60H103NO5. The highest BCUT2D eigenvalue weighted by molar-refractivity contribution is 5.77. The molecule has 3 unspecified atom stereocenters. The molecule has 6 nitrogen and oxygen atoms in total. The van der Waals surface area contributed by atoms with E-state index in [-0.39, 0.29) is 24.9 Å². The van der Waals surface area contributed by atoms with Crippen LogP contribution in [0.25, 0.3) is 0 Å². The molecule has 0 aliphatic heterocycles. The quantitative estimate of drug-likeness (QED) is 0.0245. The summed E-state index contributed by atoms with van der Waals surface area (Å²) in [4.78, 5) is 26.2. The Bertz CT molecular complexity index is 1310. The molecule has 0 heterocycles. The third-order valence-corrected chi connectivity index (χ3v) is 12.0. The number of amides is 1. The average Bonchev–Trinajstić information content (AvgIpc) is 3.31. The molecule has 0 aliphatic carbocycles. The van der Waals surface area contributed by atoms with Gasteiger partial charge in [0.15, 0.2) is 0 Å². The number of carbonyl (C=O) groups is 2. The highest BCUT2D eigenvalue weighted by Crippen LogP contribution is 2.17. The van der Waals surface area contributed by atoms with Gasteiger partial charge in [-0.25, -0.2) is 0 Å². The standard InChI is InChI=1S/C60H103NO5/c1-4-7-10-13-16-19-22-25-27-28-29-30-32-35-38-41-44-47-50-53-60(65)66-56(51-48-45-42-39-36-33-24-21-18-15-12-9-6-3)54-59(64)61-57(55-62)58(63)52-49-46-43-40-37-34-31-26-23-20-17-14-11-8-5-2/h9,12,15-16,18-19,21,24-25,27,29-30,33,35-36,38,56-58,62-63H,4-8,10-11,13-14,17,20,22-23,26,28,31-32,34,37,39-55H2,1-3H3,(H,61,64)/b12-9+,18-15+,19-16-,24-21+,27-25-,30-29-,36-33-,38-35-. The predicted molar refractivity (Wildman–Crippen MR) is 287 cm³/mol. The first-order chi connectivity index (χ1) is 32.5. The van der Waals surface area contributed by atoms with E-state index in [0.717, 1.165) is 96.3 Å². The maximum atomic E-state index is 13.2. The van der Waals surface area contributed by atoms with Crippen molar-refractivity contribution >= 4 is 11.9 Å². The highest BCUT2D eigenvalue weighted by Gasteiger charge is 2.24. The van der Waals surface area contributed by atoms with E-state index >= 15 is 0 Å². The fourth-order valence-electron chi connectivity index (χ4n) is 7.84. The molecule has 1 amide bonds. The van der Waals surface area contributed by atoms with Crippen molar-refractivity contribution in [3.63, 3.8) is 0 Å². The fraction of sp³-hybridized carbons (Fsp3) is 0.700. The summed E-state index contributed by atoms with van der Waals surface area (Å²) >= 11 is 0. The van der Waals surface area contributed by atoms with Gasteiger partial charge in [0, 0.05) is 6.42 Å². The molecular weight excluding hydrogens is 815 g/mol. The van der Waals surface area contributed by atoms with Crippen LogP contribution >= 0.6 is 0 Å². The van der Waals surface area contributed by atoms with Crippen LogP contribution in [0.1, 0.15) is 245 Å². The van der Waals surface area contributed by atoms with Gasteiger partial charge in [-0.1, -0.05) is 240 Å². The molecule has 3 atom stereocenters. The number of rotatable bonds is 48. The van der Waals surface area contributed by atoms with Crippen LogP contribution in [0.4, 0.5) is 0 Å². The largest absolute Gasteiger partial charge is 0.462 e. The number of ether oxygens (including phenoxy) is 1.